The summed E-state index contributed by atoms with van der Waals surface area (Å²) in [4.78, 5) is 3.59. The van der Waals surface area contributed by atoms with Crippen molar-refractivity contribution in [1.82, 2.24) is 0 Å². The normalized spacial score (nSPS) is 3.60. The lowest BCUT2D eigenvalue weighted by atomic mass is 11.7. The summed E-state index contributed by atoms with van der Waals surface area (Å²) in [5.74, 6) is 0. The lowest BCUT2D eigenvalue weighted by Crippen LogP contribution is -1.70. The van der Waals surface area contributed by atoms with E-state index in [2.05, 4.69) is 0 Å². The standard InChI is InChI=1S/2CN.Al.H/c2*1-2;;. The Balaban J connectivity index is 2.86. The molecule has 0 heterocycles. The maximum atomic E-state index is 7.66. The molecule has 0 unspecified atom stereocenters. The van der Waals surface area contributed by atoms with Gasteiger partial charge in [-0.1, -0.05) is 0 Å². The maximum absolute atomic E-state index is 7.66. The molecule has 0 aromatic carbocycles. The second-order valence-electron chi connectivity index (χ2n) is 0.493. The predicted molar refractivity (Wildman–Crippen MR) is 18.4 cm³/mol. The van der Waals surface area contributed by atoms with Crippen molar-refractivity contribution in [2.24, 2.45) is 0 Å². The quantitative estimate of drug-likeness (QED) is 0.364. The summed E-state index contributed by atoms with van der Waals surface area (Å²) in [5.41, 5.74) is 0. The zero-order chi connectivity index (χ0) is 4.12. The SMILES string of the molecule is N#[C][AlH][C]#N. The molecule has 0 aliphatic carbocycles. The molecule has 0 aromatic rings. The molecule has 0 bridgehead atoms. The van der Waals surface area contributed by atoms with E-state index in [0.717, 1.165) is 0 Å². The molecule has 0 saturated carbocycles. The van der Waals surface area contributed by atoms with Gasteiger partial charge in [0.15, 0.2) is 0 Å². The van der Waals surface area contributed by atoms with Crippen LogP contribution in [0, 0.1) is 20.4 Å². The first-order chi connectivity index (χ1) is 2.41. The minimum absolute atomic E-state index is 0.957. The Hall–Kier alpha value is -0.488. The smallest absolute Gasteiger partial charge is 0.224 e. The summed E-state index contributed by atoms with van der Waals surface area (Å²) in [6.45, 7) is 0. The summed E-state index contributed by atoms with van der Waals surface area (Å²) in [6, 6.07) is 0. The Bertz CT molecular complexity index is 72.8. The molecule has 0 amide bonds. The van der Waals surface area contributed by atoms with E-state index in [1.165, 1.54) is 0 Å². The van der Waals surface area contributed by atoms with E-state index < -0.39 is 15.2 Å². The summed E-state index contributed by atoms with van der Waals surface area (Å²) < 4.78 is 0. The van der Waals surface area contributed by atoms with Gasteiger partial charge in [0.1, 0.15) is 0 Å². The van der Waals surface area contributed by atoms with Crippen molar-refractivity contribution < 1.29 is 0 Å². The van der Waals surface area contributed by atoms with Gasteiger partial charge in [-0.2, -0.15) is 0 Å². The molecule has 22 valence electrons. The molecule has 2 nitrogen and oxygen atoms in total. The number of nitriles is 2. The van der Waals surface area contributed by atoms with Crippen LogP contribution in [0.1, 0.15) is 0 Å². The fourth-order valence-corrected chi connectivity index (χ4v) is 0.106. The van der Waals surface area contributed by atoms with Gasteiger partial charge in [-0.15, -0.1) is 0 Å². The molecule has 0 aliphatic heterocycles. The molecule has 0 atom stereocenters. The highest BCUT2D eigenvalue weighted by Crippen LogP contribution is 1.38. The summed E-state index contributed by atoms with van der Waals surface area (Å²) in [6.07, 6.45) is 0. The van der Waals surface area contributed by atoms with Crippen LogP contribution in [-0.2, 0) is 0 Å². The Morgan fingerprint density at radius 2 is 1.60 bits per heavy atom. The van der Waals surface area contributed by atoms with Gasteiger partial charge in [0.2, 0.25) is 0 Å². The third-order valence-corrected chi connectivity index (χ3v) is 0.474. The first kappa shape index (κ1) is 4.51. The highest BCUT2D eigenvalue weighted by molar-refractivity contribution is 6.53. The zero-order valence-corrected chi connectivity index (χ0v) is 4.02. The van der Waals surface area contributed by atoms with Crippen molar-refractivity contribution in [3.05, 3.63) is 0 Å². The highest BCUT2D eigenvalue weighted by Gasteiger charge is 1.77. The third-order valence-electron chi connectivity index (χ3n) is 0.158. The van der Waals surface area contributed by atoms with Crippen LogP contribution in [-0.4, -0.2) is 15.2 Å². The first-order valence-electron chi connectivity index (χ1n) is 1.15. The van der Waals surface area contributed by atoms with Gasteiger partial charge >= 0.3 is 15.2 Å². The average Bonchev–Trinajstić information content (AvgIpc) is 1.41. The molecule has 0 N–H and O–H groups in total. The van der Waals surface area contributed by atoms with Crippen molar-refractivity contribution in [1.29, 1.82) is 10.5 Å². The molecule has 0 fully saturated rings. The summed E-state index contributed by atoms with van der Waals surface area (Å²) in [5, 5.41) is 15.3. The van der Waals surface area contributed by atoms with Crippen molar-refractivity contribution in [3.63, 3.8) is 0 Å². The van der Waals surface area contributed by atoms with E-state index in [-0.39, 0.29) is 0 Å². The van der Waals surface area contributed by atoms with Gasteiger partial charge in [-0.3, -0.25) is 0 Å². The largest absolute Gasteiger partial charge is 0.545 e. The molecule has 0 radical (unpaired) electrons. The minimum Gasteiger partial charge on any atom is -0.224 e. The minimum atomic E-state index is -0.957. The van der Waals surface area contributed by atoms with E-state index in [1.807, 2.05) is 0 Å². The van der Waals surface area contributed by atoms with Crippen LogP contribution in [0.25, 0.3) is 0 Å². The number of hydrogen-bond donors (Lipinski definition) is 0. The fraction of sp³-hybridized carbons (Fsp3) is 0. The monoisotopic (exact) mass is 80.0 g/mol. The molecule has 0 aromatic heterocycles. The Kier molecular flexibility index (Phi) is 3.17. The molecule has 0 saturated heterocycles. The lowest BCUT2D eigenvalue weighted by Gasteiger charge is -1.37. The third kappa shape index (κ3) is 3.51. The van der Waals surface area contributed by atoms with Crippen LogP contribution in [0.2, 0.25) is 0 Å². The molecular formula is C2HAlN2. The Morgan fingerprint density at radius 3 is 1.60 bits per heavy atom. The fourth-order valence-electron chi connectivity index (χ4n) is 0.0354. The van der Waals surface area contributed by atoms with E-state index in [4.69, 9.17) is 10.5 Å². The summed E-state index contributed by atoms with van der Waals surface area (Å²) in [7, 11) is 0. The van der Waals surface area contributed by atoms with Crippen LogP contribution in [0.5, 0.6) is 0 Å². The number of rotatable bonds is 0. The van der Waals surface area contributed by atoms with Gasteiger partial charge in [0.25, 0.3) is 0 Å². The van der Waals surface area contributed by atoms with E-state index >= 15 is 0 Å². The maximum Gasteiger partial charge on any atom is 0.545 e. The molecule has 5 heavy (non-hydrogen) atoms. The van der Waals surface area contributed by atoms with Crippen molar-refractivity contribution >= 4 is 15.2 Å². The topological polar surface area (TPSA) is 47.6 Å². The molecule has 3 heteroatoms. The zero-order valence-electron chi connectivity index (χ0n) is 2.60. The van der Waals surface area contributed by atoms with Gasteiger partial charge in [-0.25, -0.2) is 10.5 Å². The first-order valence-corrected chi connectivity index (χ1v) is 2.57. The van der Waals surface area contributed by atoms with Crippen LogP contribution in [0.15, 0.2) is 0 Å². The predicted octanol–water partition coefficient (Wildman–Crippen LogP) is -0.615. The molecule has 0 rings (SSSR count). The second kappa shape index (κ2) is 3.51. The summed E-state index contributed by atoms with van der Waals surface area (Å²) >= 11 is -0.957. The number of hydrogen-bond acceptors (Lipinski definition) is 2. The van der Waals surface area contributed by atoms with Gasteiger partial charge < -0.3 is 0 Å². The molecular weight excluding hydrogens is 79.0 g/mol. The van der Waals surface area contributed by atoms with E-state index in [9.17, 15) is 0 Å². The van der Waals surface area contributed by atoms with E-state index in [0.29, 0.717) is 0 Å². The van der Waals surface area contributed by atoms with E-state index in [1.54, 1.807) is 9.86 Å². The Labute approximate surface area is 36.3 Å². The average molecular weight is 80.0 g/mol. The van der Waals surface area contributed by atoms with Crippen LogP contribution >= 0.6 is 0 Å². The van der Waals surface area contributed by atoms with Crippen molar-refractivity contribution in [2.75, 3.05) is 0 Å². The highest BCUT2D eigenvalue weighted by atomic mass is 27.1. The van der Waals surface area contributed by atoms with Gasteiger partial charge in [0, 0.05) is 0 Å². The lowest BCUT2D eigenvalue weighted by molar-refractivity contribution is 1.55. The van der Waals surface area contributed by atoms with Crippen LogP contribution in [0.3, 0.4) is 0 Å². The van der Waals surface area contributed by atoms with Crippen LogP contribution in [0.4, 0.5) is 0 Å². The second-order valence-corrected chi connectivity index (χ2v) is 1.48. The molecule has 0 aliphatic rings. The van der Waals surface area contributed by atoms with Crippen molar-refractivity contribution in [2.45, 2.75) is 0 Å². The molecule has 0 spiro atoms. The van der Waals surface area contributed by atoms with Crippen molar-refractivity contribution in [3.8, 4) is 9.86 Å². The number of nitrogens with zero attached hydrogens (tertiary/aromatic N) is 2. The van der Waals surface area contributed by atoms with Crippen LogP contribution < -0.4 is 0 Å². The van der Waals surface area contributed by atoms with Gasteiger partial charge in [-0.05, 0) is 9.86 Å². The van der Waals surface area contributed by atoms with Gasteiger partial charge in [0.05, 0.1) is 0 Å². The Morgan fingerprint density at radius 1 is 1.20 bits per heavy atom.